The second-order valence-corrected chi connectivity index (χ2v) is 7.21. The Kier molecular flexibility index (Phi) is 3.65. The fourth-order valence-corrected chi connectivity index (χ4v) is 4.26. The van der Waals surface area contributed by atoms with Gasteiger partial charge in [0.1, 0.15) is 10.7 Å². The lowest BCUT2D eigenvalue weighted by molar-refractivity contribution is 0.336. The fraction of sp³-hybridized carbons (Fsp3) is 0.600. The van der Waals surface area contributed by atoms with Crippen LogP contribution in [0.3, 0.4) is 0 Å². The van der Waals surface area contributed by atoms with Crippen molar-refractivity contribution < 1.29 is 0 Å². The summed E-state index contributed by atoms with van der Waals surface area (Å²) in [6.07, 6.45) is 5.00. The molecule has 0 amide bonds. The smallest absolute Gasteiger partial charge is 0.152 e. The van der Waals surface area contributed by atoms with E-state index >= 15 is 0 Å². The number of anilines is 1. The quantitative estimate of drug-likeness (QED) is 0.650. The Bertz CT molecular complexity index is 634. The third-order valence-corrected chi connectivity index (χ3v) is 5.59. The Morgan fingerprint density at radius 3 is 2.75 bits per heavy atom. The zero-order chi connectivity index (χ0) is 14.3. The summed E-state index contributed by atoms with van der Waals surface area (Å²) in [7, 11) is 0. The highest BCUT2D eigenvalue weighted by atomic mass is 32.1. The summed E-state index contributed by atoms with van der Waals surface area (Å²) in [6.45, 7) is 6.57. The van der Waals surface area contributed by atoms with Gasteiger partial charge in [0.05, 0.1) is 5.39 Å². The van der Waals surface area contributed by atoms with E-state index in [1.165, 1.54) is 36.1 Å². The van der Waals surface area contributed by atoms with Crippen molar-refractivity contribution in [2.45, 2.75) is 52.4 Å². The number of hydrogen-bond acceptors (Lipinski definition) is 5. The number of nitrogens with one attached hydrogen (secondary N) is 1. The fourth-order valence-electron chi connectivity index (χ4n) is 3.22. The number of nitrogens with two attached hydrogens (primary N) is 1. The molecule has 0 radical (unpaired) electrons. The minimum atomic E-state index is 0.484. The molecule has 2 aromatic heterocycles. The van der Waals surface area contributed by atoms with E-state index in [1.807, 2.05) is 0 Å². The molecular weight excluding hydrogens is 268 g/mol. The van der Waals surface area contributed by atoms with Gasteiger partial charge in [-0.2, -0.15) is 0 Å². The zero-order valence-electron chi connectivity index (χ0n) is 12.4. The van der Waals surface area contributed by atoms with E-state index in [0.717, 1.165) is 27.8 Å². The van der Waals surface area contributed by atoms with Gasteiger partial charge >= 0.3 is 0 Å². The molecule has 2 aromatic rings. The zero-order valence-corrected chi connectivity index (χ0v) is 13.2. The molecule has 1 saturated carbocycles. The van der Waals surface area contributed by atoms with Crippen LogP contribution >= 0.6 is 11.3 Å². The molecule has 3 rings (SSSR count). The van der Waals surface area contributed by atoms with E-state index in [1.54, 1.807) is 11.3 Å². The first-order valence-corrected chi connectivity index (χ1v) is 8.16. The first-order valence-electron chi connectivity index (χ1n) is 7.34. The number of fused-ring (bicyclic) bond motifs is 1. The van der Waals surface area contributed by atoms with Gasteiger partial charge in [0, 0.05) is 10.8 Å². The molecule has 0 bridgehead atoms. The van der Waals surface area contributed by atoms with Gasteiger partial charge in [0.15, 0.2) is 5.82 Å². The van der Waals surface area contributed by atoms with Crippen molar-refractivity contribution in [2.75, 3.05) is 5.43 Å². The third kappa shape index (κ3) is 2.29. The van der Waals surface area contributed by atoms with Gasteiger partial charge in [-0.3, -0.25) is 0 Å². The van der Waals surface area contributed by atoms with Crippen LogP contribution in [0.25, 0.3) is 10.2 Å². The topological polar surface area (TPSA) is 63.8 Å². The molecule has 1 aliphatic carbocycles. The Hall–Kier alpha value is -1.20. The number of nitrogen functional groups attached to an aromatic ring is 1. The van der Waals surface area contributed by atoms with Crippen LogP contribution in [0.1, 0.15) is 54.8 Å². The molecule has 108 valence electrons. The van der Waals surface area contributed by atoms with E-state index in [4.69, 9.17) is 15.8 Å². The molecule has 2 heterocycles. The van der Waals surface area contributed by atoms with Crippen molar-refractivity contribution in [1.82, 2.24) is 9.97 Å². The van der Waals surface area contributed by atoms with Gasteiger partial charge in [-0.05, 0) is 38.2 Å². The van der Waals surface area contributed by atoms with E-state index in [-0.39, 0.29) is 0 Å². The number of aromatic nitrogens is 2. The molecule has 2 atom stereocenters. The maximum atomic E-state index is 5.68. The van der Waals surface area contributed by atoms with E-state index in [9.17, 15) is 0 Å². The van der Waals surface area contributed by atoms with Gasteiger partial charge in [-0.1, -0.05) is 19.8 Å². The van der Waals surface area contributed by atoms with Gasteiger partial charge in [0.2, 0.25) is 0 Å². The normalized spacial score (nSPS) is 23.2. The Labute approximate surface area is 123 Å². The SMILES string of the molecule is Cc1sc2nc(C3CCCC(C)C3)nc(NN)c2c1C. The van der Waals surface area contributed by atoms with Crippen LogP contribution in [-0.2, 0) is 0 Å². The molecule has 0 spiro atoms. The maximum Gasteiger partial charge on any atom is 0.152 e. The molecule has 2 unspecified atom stereocenters. The minimum absolute atomic E-state index is 0.484. The lowest BCUT2D eigenvalue weighted by atomic mass is 9.82. The molecular formula is C15H22N4S. The van der Waals surface area contributed by atoms with Crippen molar-refractivity contribution in [2.24, 2.45) is 11.8 Å². The summed E-state index contributed by atoms with van der Waals surface area (Å²) in [5.74, 6) is 8.69. The number of aryl methyl sites for hydroxylation is 2. The lowest BCUT2D eigenvalue weighted by Gasteiger charge is -2.25. The monoisotopic (exact) mass is 290 g/mol. The molecule has 5 heteroatoms. The Morgan fingerprint density at radius 2 is 2.05 bits per heavy atom. The van der Waals surface area contributed by atoms with E-state index < -0.39 is 0 Å². The van der Waals surface area contributed by atoms with Gasteiger partial charge < -0.3 is 5.43 Å². The van der Waals surface area contributed by atoms with Crippen molar-refractivity contribution in [3.05, 3.63) is 16.3 Å². The second-order valence-electron chi connectivity index (χ2n) is 6.01. The first kappa shape index (κ1) is 13.8. The summed E-state index contributed by atoms with van der Waals surface area (Å²) >= 11 is 1.74. The van der Waals surface area contributed by atoms with Crippen LogP contribution in [0.5, 0.6) is 0 Å². The van der Waals surface area contributed by atoms with Crippen LogP contribution in [0.15, 0.2) is 0 Å². The van der Waals surface area contributed by atoms with Crippen molar-refractivity contribution in [1.29, 1.82) is 0 Å². The van der Waals surface area contributed by atoms with E-state index in [2.05, 4.69) is 26.2 Å². The lowest BCUT2D eigenvalue weighted by Crippen LogP contribution is -2.16. The highest BCUT2D eigenvalue weighted by Gasteiger charge is 2.24. The van der Waals surface area contributed by atoms with Gasteiger partial charge in [0.25, 0.3) is 0 Å². The average molecular weight is 290 g/mol. The molecule has 20 heavy (non-hydrogen) atoms. The highest BCUT2D eigenvalue weighted by Crippen LogP contribution is 2.38. The van der Waals surface area contributed by atoms with Crippen LogP contribution in [0.2, 0.25) is 0 Å². The predicted molar refractivity (Wildman–Crippen MR) is 85.1 cm³/mol. The number of nitrogens with zero attached hydrogens (tertiary/aromatic N) is 2. The number of rotatable bonds is 2. The predicted octanol–water partition coefficient (Wildman–Crippen LogP) is 3.89. The summed E-state index contributed by atoms with van der Waals surface area (Å²) in [4.78, 5) is 11.9. The largest absolute Gasteiger partial charge is 0.308 e. The maximum absolute atomic E-state index is 5.68. The van der Waals surface area contributed by atoms with Crippen molar-refractivity contribution in [3.8, 4) is 0 Å². The highest BCUT2D eigenvalue weighted by molar-refractivity contribution is 7.18. The van der Waals surface area contributed by atoms with Crippen LogP contribution < -0.4 is 11.3 Å². The molecule has 3 N–H and O–H groups in total. The molecule has 1 aliphatic rings. The molecule has 1 fully saturated rings. The third-order valence-electron chi connectivity index (χ3n) is 4.48. The Balaban J connectivity index is 2.08. The molecule has 0 aliphatic heterocycles. The summed E-state index contributed by atoms with van der Waals surface area (Å²) in [5.41, 5.74) is 4.01. The van der Waals surface area contributed by atoms with Crippen LogP contribution in [-0.4, -0.2) is 9.97 Å². The molecule has 4 nitrogen and oxygen atoms in total. The van der Waals surface area contributed by atoms with Crippen LogP contribution in [0.4, 0.5) is 5.82 Å². The first-order chi connectivity index (χ1) is 9.60. The standard InChI is InChI=1S/C15H22N4S/c1-8-5-4-6-11(7-8)13-17-14(19-16)12-9(2)10(3)20-15(12)18-13/h8,11H,4-7,16H2,1-3H3,(H,17,18,19). The van der Waals surface area contributed by atoms with Gasteiger partial charge in [-0.25, -0.2) is 15.8 Å². The van der Waals surface area contributed by atoms with Crippen molar-refractivity contribution in [3.63, 3.8) is 0 Å². The summed E-state index contributed by atoms with van der Waals surface area (Å²) in [5, 5.41) is 1.09. The molecule has 0 saturated heterocycles. The van der Waals surface area contributed by atoms with Crippen LogP contribution in [0, 0.1) is 19.8 Å². The Morgan fingerprint density at radius 1 is 1.25 bits per heavy atom. The minimum Gasteiger partial charge on any atom is -0.308 e. The number of hydrazine groups is 1. The van der Waals surface area contributed by atoms with Crippen molar-refractivity contribution >= 4 is 27.4 Å². The average Bonchev–Trinajstić information content (AvgIpc) is 2.73. The molecule has 0 aromatic carbocycles. The number of thiophene rings is 1. The second kappa shape index (κ2) is 5.30. The summed E-state index contributed by atoms with van der Waals surface area (Å²) < 4.78 is 0. The van der Waals surface area contributed by atoms with Gasteiger partial charge in [-0.15, -0.1) is 11.3 Å². The summed E-state index contributed by atoms with van der Waals surface area (Å²) in [6, 6.07) is 0. The van der Waals surface area contributed by atoms with E-state index in [0.29, 0.717) is 5.92 Å². The number of hydrogen-bond donors (Lipinski definition) is 2.